The number of carboxylic acid groups (broad SMARTS) is 1. The van der Waals surface area contributed by atoms with Crippen LogP contribution < -0.4 is 5.32 Å². The van der Waals surface area contributed by atoms with E-state index in [4.69, 9.17) is 5.11 Å². The molecule has 11 heteroatoms. The molecule has 5 nitrogen and oxygen atoms in total. The second-order valence-corrected chi connectivity index (χ2v) is 4.87. The van der Waals surface area contributed by atoms with Gasteiger partial charge in [-0.25, -0.2) is 4.79 Å². The van der Waals surface area contributed by atoms with Gasteiger partial charge in [-0.2, -0.15) is 26.3 Å². The second-order valence-electron chi connectivity index (χ2n) is 4.87. The summed E-state index contributed by atoms with van der Waals surface area (Å²) in [7, 11) is 0. The fourth-order valence-electron chi connectivity index (χ4n) is 2.03. The topological polar surface area (TPSA) is 75.4 Å². The molecule has 0 aliphatic carbocycles. The monoisotopic (exact) mass is 356 g/mol. The molecule has 24 heavy (non-hydrogen) atoms. The van der Waals surface area contributed by atoms with E-state index in [1.807, 2.05) is 0 Å². The third-order valence-corrected chi connectivity index (χ3v) is 3.22. The van der Waals surface area contributed by atoms with Gasteiger partial charge in [0.25, 0.3) is 0 Å². The van der Waals surface area contributed by atoms with Gasteiger partial charge in [-0.1, -0.05) is 12.1 Å². The van der Waals surface area contributed by atoms with Crippen LogP contribution in [-0.4, -0.2) is 22.3 Å². The zero-order valence-electron chi connectivity index (χ0n) is 11.9. The number of benzene rings is 1. The first-order chi connectivity index (χ1) is 10.9. The van der Waals surface area contributed by atoms with Crippen molar-refractivity contribution in [2.75, 3.05) is 5.32 Å². The number of carboxylic acids is 1. The highest BCUT2D eigenvalue weighted by atomic mass is 19.4. The standard InChI is InChI=1S/C13H10F6N2O3/c1-2-8(11(22)23)20-10-6-3-5(12(14,15)16)4-7(13(17,18)19)9(6)24-21-10/h3-4,8H,2H2,1H3,(H,20,21)(H,22,23). The minimum absolute atomic E-state index is 0.0226. The van der Waals surface area contributed by atoms with Crippen LogP contribution in [0, 0.1) is 0 Å². The van der Waals surface area contributed by atoms with Crippen LogP contribution in [0.15, 0.2) is 16.7 Å². The number of aromatic nitrogens is 1. The number of hydrogen-bond donors (Lipinski definition) is 2. The Morgan fingerprint density at radius 1 is 1.25 bits per heavy atom. The zero-order valence-corrected chi connectivity index (χ0v) is 11.9. The molecule has 1 heterocycles. The quantitative estimate of drug-likeness (QED) is 0.806. The summed E-state index contributed by atoms with van der Waals surface area (Å²) in [5, 5.41) is 13.8. The molecule has 1 aromatic carbocycles. The number of rotatable bonds is 4. The van der Waals surface area contributed by atoms with Gasteiger partial charge in [0.1, 0.15) is 11.6 Å². The van der Waals surface area contributed by atoms with E-state index >= 15 is 0 Å². The van der Waals surface area contributed by atoms with Crippen LogP contribution in [0.2, 0.25) is 0 Å². The summed E-state index contributed by atoms with van der Waals surface area (Å²) in [4.78, 5) is 11.0. The number of anilines is 1. The Hall–Kier alpha value is -2.46. The molecule has 0 bridgehead atoms. The Morgan fingerprint density at radius 2 is 1.88 bits per heavy atom. The number of nitrogens with zero attached hydrogens (tertiary/aromatic N) is 1. The lowest BCUT2D eigenvalue weighted by Gasteiger charge is -2.13. The molecule has 2 aromatic rings. The number of carbonyl (C=O) groups is 1. The molecule has 0 amide bonds. The van der Waals surface area contributed by atoms with Crippen LogP contribution in [0.5, 0.6) is 0 Å². The number of nitrogens with one attached hydrogen (secondary N) is 1. The highest BCUT2D eigenvalue weighted by Gasteiger charge is 2.40. The molecule has 0 aliphatic heterocycles. The van der Waals surface area contributed by atoms with Crippen molar-refractivity contribution in [2.45, 2.75) is 31.7 Å². The molecule has 0 aliphatic rings. The summed E-state index contributed by atoms with van der Waals surface area (Å²) in [5.74, 6) is -1.84. The maximum absolute atomic E-state index is 13.0. The van der Waals surface area contributed by atoms with Crippen LogP contribution in [0.25, 0.3) is 11.0 Å². The van der Waals surface area contributed by atoms with E-state index in [9.17, 15) is 31.1 Å². The smallest absolute Gasteiger partial charge is 0.420 e. The largest absolute Gasteiger partial charge is 0.480 e. The van der Waals surface area contributed by atoms with Gasteiger partial charge < -0.3 is 14.9 Å². The van der Waals surface area contributed by atoms with Crippen LogP contribution in [0.4, 0.5) is 32.2 Å². The van der Waals surface area contributed by atoms with Crippen molar-refractivity contribution in [3.63, 3.8) is 0 Å². The van der Waals surface area contributed by atoms with E-state index in [0.29, 0.717) is 6.07 Å². The van der Waals surface area contributed by atoms with E-state index in [-0.39, 0.29) is 12.5 Å². The highest BCUT2D eigenvalue weighted by Crippen LogP contribution is 2.41. The molecular weight excluding hydrogens is 346 g/mol. The predicted octanol–water partition coefficient (Wildman–Crippen LogP) is 4.14. The molecule has 0 saturated carbocycles. The molecule has 2 rings (SSSR count). The number of aliphatic carboxylic acids is 1. The van der Waals surface area contributed by atoms with E-state index in [0.717, 1.165) is 0 Å². The van der Waals surface area contributed by atoms with Crippen molar-refractivity contribution in [1.29, 1.82) is 0 Å². The van der Waals surface area contributed by atoms with Gasteiger partial charge in [0, 0.05) is 0 Å². The SMILES string of the molecule is CCC(Nc1noc2c(C(F)(F)F)cc(C(F)(F)F)cc12)C(=O)O. The first-order valence-corrected chi connectivity index (χ1v) is 6.52. The van der Waals surface area contributed by atoms with E-state index in [2.05, 4.69) is 15.0 Å². The summed E-state index contributed by atoms with van der Waals surface area (Å²) in [6.07, 6.45) is -10.1. The van der Waals surface area contributed by atoms with Gasteiger partial charge in [-0.15, -0.1) is 0 Å². The number of halogens is 6. The van der Waals surface area contributed by atoms with Crippen molar-refractivity contribution < 1.29 is 40.8 Å². The Kier molecular flexibility index (Phi) is 4.38. The lowest BCUT2D eigenvalue weighted by Crippen LogP contribution is -2.28. The van der Waals surface area contributed by atoms with Crippen molar-refractivity contribution in [3.8, 4) is 0 Å². The average molecular weight is 356 g/mol. The molecule has 0 radical (unpaired) electrons. The summed E-state index contributed by atoms with van der Waals surface area (Å²) in [6, 6.07) is -0.897. The number of hydrogen-bond acceptors (Lipinski definition) is 4. The fraction of sp³-hybridized carbons (Fsp3) is 0.385. The van der Waals surface area contributed by atoms with Gasteiger partial charge in [-0.3, -0.25) is 0 Å². The van der Waals surface area contributed by atoms with Crippen molar-refractivity contribution in [3.05, 3.63) is 23.3 Å². The van der Waals surface area contributed by atoms with Gasteiger partial charge in [0.05, 0.1) is 10.9 Å². The molecule has 2 N–H and O–H groups in total. The fourth-order valence-corrected chi connectivity index (χ4v) is 2.03. The second kappa shape index (κ2) is 5.87. The van der Waals surface area contributed by atoms with Crippen LogP contribution in [-0.2, 0) is 17.1 Å². The Labute approximate surface area is 130 Å². The Bertz CT molecular complexity index is 765. The van der Waals surface area contributed by atoms with Crippen LogP contribution in [0.1, 0.15) is 24.5 Å². The molecule has 1 atom stereocenters. The molecule has 0 saturated heterocycles. The van der Waals surface area contributed by atoms with Crippen molar-refractivity contribution in [2.24, 2.45) is 0 Å². The van der Waals surface area contributed by atoms with Crippen LogP contribution in [0.3, 0.4) is 0 Å². The maximum atomic E-state index is 13.0. The zero-order chi connectivity index (χ0) is 18.3. The summed E-state index contributed by atoms with van der Waals surface area (Å²) in [6.45, 7) is 1.47. The molecule has 0 fully saturated rings. The van der Waals surface area contributed by atoms with E-state index in [1.165, 1.54) is 6.92 Å². The predicted molar refractivity (Wildman–Crippen MR) is 69.4 cm³/mol. The van der Waals surface area contributed by atoms with Gasteiger partial charge in [-0.05, 0) is 18.6 Å². The lowest BCUT2D eigenvalue weighted by atomic mass is 10.1. The van der Waals surface area contributed by atoms with Crippen molar-refractivity contribution >= 4 is 22.8 Å². The van der Waals surface area contributed by atoms with Gasteiger partial charge in [0.2, 0.25) is 0 Å². The third kappa shape index (κ3) is 3.39. The average Bonchev–Trinajstić information content (AvgIpc) is 2.84. The number of fused-ring (bicyclic) bond motifs is 1. The van der Waals surface area contributed by atoms with E-state index in [1.54, 1.807) is 0 Å². The molecule has 132 valence electrons. The minimum Gasteiger partial charge on any atom is -0.480 e. The maximum Gasteiger partial charge on any atom is 0.420 e. The molecule has 1 aromatic heterocycles. The Morgan fingerprint density at radius 3 is 2.33 bits per heavy atom. The van der Waals surface area contributed by atoms with E-state index < -0.39 is 52.3 Å². The Balaban J connectivity index is 2.67. The van der Waals surface area contributed by atoms with Gasteiger partial charge in [0.15, 0.2) is 11.4 Å². The summed E-state index contributed by atoms with van der Waals surface area (Å²) >= 11 is 0. The normalized spacial score (nSPS) is 14.0. The lowest BCUT2D eigenvalue weighted by molar-refractivity contribution is -0.142. The van der Waals surface area contributed by atoms with Crippen molar-refractivity contribution in [1.82, 2.24) is 5.16 Å². The molecule has 0 spiro atoms. The first kappa shape index (κ1) is 17.9. The highest BCUT2D eigenvalue weighted by molar-refractivity contribution is 5.92. The minimum atomic E-state index is -5.10. The number of alkyl halides is 6. The van der Waals surface area contributed by atoms with Gasteiger partial charge >= 0.3 is 18.3 Å². The molecular formula is C13H10F6N2O3. The summed E-state index contributed by atoms with van der Waals surface area (Å²) in [5.41, 5.74) is -4.09. The molecule has 1 unspecified atom stereocenters. The first-order valence-electron chi connectivity index (χ1n) is 6.52. The summed E-state index contributed by atoms with van der Waals surface area (Å²) < 4.78 is 82.0. The third-order valence-electron chi connectivity index (χ3n) is 3.22. The van der Waals surface area contributed by atoms with Crippen LogP contribution >= 0.6 is 0 Å².